The Balaban J connectivity index is 1.88. The molecule has 0 spiro atoms. The summed E-state index contributed by atoms with van der Waals surface area (Å²) in [6.45, 7) is 4.88. The highest BCUT2D eigenvalue weighted by molar-refractivity contribution is 9.10. The van der Waals surface area contributed by atoms with Crippen LogP contribution in [0.2, 0.25) is 0 Å². The number of pyridine rings is 1. The van der Waals surface area contributed by atoms with Gasteiger partial charge in [0.1, 0.15) is 5.65 Å². The van der Waals surface area contributed by atoms with Crippen LogP contribution < -0.4 is 5.32 Å². The van der Waals surface area contributed by atoms with Crippen LogP contribution in [0.5, 0.6) is 0 Å². The van der Waals surface area contributed by atoms with Gasteiger partial charge in [0.25, 0.3) is 0 Å². The number of hydrogen-bond donors (Lipinski definition) is 1. The minimum atomic E-state index is 0.749. The maximum atomic E-state index is 4.57. The second-order valence-electron chi connectivity index (χ2n) is 4.91. The third-order valence-corrected chi connectivity index (χ3v) is 4.06. The minimum absolute atomic E-state index is 0.749. The molecule has 20 heavy (non-hydrogen) atoms. The van der Waals surface area contributed by atoms with E-state index in [0.29, 0.717) is 0 Å². The zero-order valence-corrected chi connectivity index (χ0v) is 13.1. The summed E-state index contributed by atoms with van der Waals surface area (Å²) in [5.74, 6) is 0. The number of anilines is 1. The molecule has 0 unspecified atom stereocenters. The SMILES string of the molecule is Cc1ccc(NCc2c(C)nc3ccccn23)c(Br)c1. The molecule has 1 aromatic carbocycles. The summed E-state index contributed by atoms with van der Waals surface area (Å²) in [6, 6.07) is 12.4. The molecule has 0 atom stereocenters. The van der Waals surface area contributed by atoms with Gasteiger partial charge < -0.3 is 9.72 Å². The average Bonchev–Trinajstić information content (AvgIpc) is 2.74. The van der Waals surface area contributed by atoms with E-state index in [1.165, 1.54) is 11.3 Å². The van der Waals surface area contributed by atoms with E-state index in [1.807, 2.05) is 25.1 Å². The summed E-state index contributed by atoms with van der Waals surface area (Å²) in [7, 11) is 0. The Labute approximate surface area is 126 Å². The number of fused-ring (bicyclic) bond motifs is 1. The number of nitrogens with zero attached hydrogens (tertiary/aromatic N) is 2. The summed E-state index contributed by atoms with van der Waals surface area (Å²) >= 11 is 3.59. The number of hydrogen-bond acceptors (Lipinski definition) is 2. The van der Waals surface area contributed by atoms with Crippen molar-refractivity contribution in [2.45, 2.75) is 20.4 Å². The second kappa shape index (κ2) is 5.29. The molecule has 0 aliphatic carbocycles. The molecule has 0 bridgehead atoms. The lowest BCUT2D eigenvalue weighted by Gasteiger charge is -2.10. The van der Waals surface area contributed by atoms with E-state index >= 15 is 0 Å². The lowest BCUT2D eigenvalue weighted by molar-refractivity contribution is 0.985. The highest BCUT2D eigenvalue weighted by Crippen LogP contribution is 2.24. The maximum Gasteiger partial charge on any atom is 0.137 e. The molecule has 0 aliphatic rings. The van der Waals surface area contributed by atoms with Crippen LogP contribution in [0.4, 0.5) is 5.69 Å². The molecule has 3 rings (SSSR count). The van der Waals surface area contributed by atoms with Gasteiger partial charge in [-0.2, -0.15) is 0 Å². The first-order chi connectivity index (χ1) is 9.65. The molecular weight excluding hydrogens is 314 g/mol. The third-order valence-electron chi connectivity index (χ3n) is 3.40. The predicted molar refractivity (Wildman–Crippen MR) is 86.1 cm³/mol. The lowest BCUT2D eigenvalue weighted by atomic mass is 10.2. The summed E-state index contributed by atoms with van der Waals surface area (Å²) in [6.07, 6.45) is 2.05. The van der Waals surface area contributed by atoms with Gasteiger partial charge in [-0.15, -0.1) is 0 Å². The maximum absolute atomic E-state index is 4.57. The molecule has 3 aromatic rings. The van der Waals surface area contributed by atoms with E-state index < -0.39 is 0 Å². The van der Waals surface area contributed by atoms with E-state index in [9.17, 15) is 0 Å². The fourth-order valence-electron chi connectivity index (χ4n) is 2.32. The Bertz CT molecular complexity index is 762. The van der Waals surface area contributed by atoms with Crippen molar-refractivity contribution in [1.82, 2.24) is 9.38 Å². The molecule has 1 N–H and O–H groups in total. The summed E-state index contributed by atoms with van der Waals surface area (Å²) in [5.41, 5.74) is 5.58. The zero-order valence-electron chi connectivity index (χ0n) is 11.5. The van der Waals surface area contributed by atoms with Gasteiger partial charge in [-0.3, -0.25) is 0 Å². The zero-order chi connectivity index (χ0) is 14.1. The minimum Gasteiger partial charge on any atom is -0.378 e. The average molecular weight is 330 g/mol. The van der Waals surface area contributed by atoms with E-state index in [4.69, 9.17) is 0 Å². The standard InChI is InChI=1S/C16H16BrN3/c1-11-6-7-14(13(17)9-11)18-10-15-12(2)19-16-5-3-4-8-20(15)16/h3-9,18H,10H2,1-2H3. The van der Waals surface area contributed by atoms with Crippen molar-refractivity contribution >= 4 is 27.3 Å². The van der Waals surface area contributed by atoms with Gasteiger partial charge in [0.15, 0.2) is 0 Å². The largest absolute Gasteiger partial charge is 0.378 e. The van der Waals surface area contributed by atoms with E-state index in [-0.39, 0.29) is 0 Å². The van der Waals surface area contributed by atoms with Gasteiger partial charge in [-0.1, -0.05) is 12.1 Å². The number of benzene rings is 1. The quantitative estimate of drug-likeness (QED) is 0.775. The fraction of sp³-hybridized carbons (Fsp3) is 0.188. The monoisotopic (exact) mass is 329 g/mol. The van der Waals surface area contributed by atoms with Crippen LogP contribution in [-0.4, -0.2) is 9.38 Å². The van der Waals surface area contributed by atoms with Crippen molar-refractivity contribution in [3.8, 4) is 0 Å². The van der Waals surface area contributed by atoms with Gasteiger partial charge in [0.05, 0.1) is 17.9 Å². The van der Waals surface area contributed by atoms with Crippen molar-refractivity contribution in [2.75, 3.05) is 5.32 Å². The highest BCUT2D eigenvalue weighted by atomic mass is 79.9. The Morgan fingerprint density at radius 1 is 1.20 bits per heavy atom. The summed E-state index contributed by atoms with van der Waals surface area (Å²) < 4.78 is 3.22. The summed E-state index contributed by atoms with van der Waals surface area (Å²) in [5, 5.41) is 3.47. The fourth-order valence-corrected chi connectivity index (χ4v) is 2.95. The molecule has 2 heterocycles. The van der Waals surface area contributed by atoms with Crippen LogP contribution in [0, 0.1) is 13.8 Å². The first-order valence-electron chi connectivity index (χ1n) is 6.58. The van der Waals surface area contributed by atoms with Crippen LogP contribution in [0.3, 0.4) is 0 Å². The molecule has 4 heteroatoms. The predicted octanol–water partition coefficient (Wildman–Crippen LogP) is 4.33. The van der Waals surface area contributed by atoms with Gasteiger partial charge in [-0.25, -0.2) is 4.98 Å². The molecule has 0 amide bonds. The van der Waals surface area contributed by atoms with Gasteiger partial charge in [0, 0.05) is 16.4 Å². The Morgan fingerprint density at radius 3 is 2.85 bits per heavy atom. The van der Waals surface area contributed by atoms with Crippen LogP contribution in [0.15, 0.2) is 47.1 Å². The molecule has 0 aliphatic heterocycles. The van der Waals surface area contributed by atoms with Gasteiger partial charge in [-0.05, 0) is 59.6 Å². The van der Waals surface area contributed by atoms with Crippen LogP contribution in [0.1, 0.15) is 17.0 Å². The summed E-state index contributed by atoms with van der Waals surface area (Å²) in [4.78, 5) is 4.57. The first-order valence-corrected chi connectivity index (χ1v) is 7.37. The lowest BCUT2D eigenvalue weighted by Crippen LogP contribution is -2.04. The highest BCUT2D eigenvalue weighted by Gasteiger charge is 2.08. The number of nitrogens with one attached hydrogen (secondary N) is 1. The van der Waals surface area contributed by atoms with Gasteiger partial charge in [0.2, 0.25) is 0 Å². The Hall–Kier alpha value is -1.81. The van der Waals surface area contributed by atoms with E-state index in [1.54, 1.807) is 0 Å². The first kappa shape index (κ1) is 13.2. The van der Waals surface area contributed by atoms with Crippen molar-refractivity contribution in [1.29, 1.82) is 0 Å². The molecule has 0 saturated carbocycles. The van der Waals surface area contributed by atoms with Crippen molar-refractivity contribution in [3.05, 3.63) is 64.0 Å². The van der Waals surface area contributed by atoms with Crippen molar-refractivity contribution < 1.29 is 0 Å². The molecule has 2 aromatic heterocycles. The smallest absolute Gasteiger partial charge is 0.137 e. The van der Waals surface area contributed by atoms with Crippen molar-refractivity contribution in [2.24, 2.45) is 0 Å². The van der Waals surface area contributed by atoms with Crippen LogP contribution in [0.25, 0.3) is 5.65 Å². The number of imidazole rings is 1. The second-order valence-corrected chi connectivity index (χ2v) is 5.76. The topological polar surface area (TPSA) is 29.3 Å². The van der Waals surface area contributed by atoms with E-state index in [0.717, 1.165) is 28.0 Å². The molecular formula is C16H16BrN3. The number of rotatable bonds is 3. The number of halogens is 1. The molecule has 3 nitrogen and oxygen atoms in total. The normalized spacial score (nSPS) is 10.9. The molecule has 102 valence electrons. The molecule has 0 saturated heterocycles. The molecule has 0 radical (unpaired) electrons. The van der Waals surface area contributed by atoms with Gasteiger partial charge >= 0.3 is 0 Å². The number of aromatic nitrogens is 2. The Kier molecular flexibility index (Phi) is 3.49. The Morgan fingerprint density at radius 2 is 2.05 bits per heavy atom. The van der Waals surface area contributed by atoms with E-state index in [2.05, 4.69) is 62.0 Å². The van der Waals surface area contributed by atoms with Crippen LogP contribution >= 0.6 is 15.9 Å². The third kappa shape index (κ3) is 2.43. The van der Waals surface area contributed by atoms with Crippen LogP contribution in [-0.2, 0) is 6.54 Å². The van der Waals surface area contributed by atoms with Crippen molar-refractivity contribution in [3.63, 3.8) is 0 Å². The molecule has 0 fully saturated rings. The number of aryl methyl sites for hydroxylation is 2.